The first-order chi connectivity index (χ1) is 21.8. The van der Waals surface area contributed by atoms with E-state index in [1.807, 2.05) is 12.1 Å². The zero-order valence-electron chi connectivity index (χ0n) is 23.7. The summed E-state index contributed by atoms with van der Waals surface area (Å²) in [5.74, 6) is 1.02. The van der Waals surface area contributed by atoms with Gasteiger partial charge in [-0.2, -0.15) is 5.01 Å². The van der Waals surface area contributed by atoms with Crippen molar-refractivity contribution in [2.75, 3.05) is 0 Å². The van der Waals surface area contributed by atoms with E-state index >= 15 is 0 Å². The molecule has 3 atom stereocenters. The average Bonchev–Trinajstić information content (AvgIpc) is 3.35. The van der Waals surface area contributed by atoms with Crippen LogP contribution >= 0.6 is 0 Å². The normalized spacial score (nSPS) is 19.2. The second-order valence-corrected chi connectivity index (χ2v) is 11.6. The number of fused-ring (bicyclic) bond motifs is 8. The Balaban J connectivity index is 1.12. The molecule has 6 aromatic carbocycles. The molecule has 0 radical (unpaired) electrons. The molecule has 3 unspecified atom stereocenters. The number of para-hydroxylation sites is 2. The van der Waals surface area contributed by atoms with Gasteiger partial charge in [0.15, 0.2) is 5.58 Å². The Hall–Kier alpha value is -5.65. The molecule has 4 heterocycles. The fourth-order valence-electron chi connectivity index (χ4n) is 7.13. The molecule has 10 rings (SSSR count). The highest BCUT2D eigenvalue weighted by atomic mass is 16.3. The molecule has 0 N–H and O–H groups in total. The fraction of sp³-hybridized carbons (Fsp3) is 0.0513. The van der Waals surface area contributed by atoms with Gasteiger partial charge in [0.05, 0.1) is 11.0 Å². The van der Waals surface area contributed by atoms with Crippen molar-refractivity contribution < 1.29 is 4.42 Å². The monoisotopic (exact) mass is 566 g/mol. The van der Waals surface area contributed by atoms with Gasteiger partial charge in [0.25, 0.3) is 0 Å². The predicted octanol–water partition coefficient (Wildman–Crippen LogP) is 9.37. The van der Waals surface area contributed by atoms with Gasteiger partial charge in [-0.25, -0.2) is 4.99 Å². The highest BCUT2D eigenvalue weighted by Gasteiger charge is 2.57. The van der Waals surface area contributed by atoms with Crippen molar-refractivity contribution in [3.8, 4) is 5.69 Å². The topological polar surface area (TPSA) is 36.4 Å². The lowest BCUT2D eigenvalue weighted by atomic mass is 10.1. The van der Waals surface area contributed by atoms with E-state index < -0.39 is 0 Å². The molecule has 2 aliphatic heterocycles. The zero-order valence-corrected chi connectivity index (χ0v) is 23.7. The van der Waals surface area contributed by atoms with Crippen molar-refractivity contribution in [1.29, 1.82) is 0 Å². The summed E-state index contributed by atoms with van der Waals surface area (Å²) >= 11 is 0. The van der Waals surface area contributed by atoms with Crippen LogP contribution in [0.4, 0.5) is 0 Å². The summed E-state index contributed by atoms with van der Waals surface area (Å²) in [6.07, 6.45) is 0.0805. The predicted molar refractivity (Wildman–Crippen MR) is 177 cm³/mol. The Labute approximate surface area is 253 Å². The van der Waals surface area contributed by atoms with Crippen molar-refractivity contribution in [3.63, 3.8) is 0 Å². The standard InChI is InChI=1S/C39H26N4O/c1-3-11-25(12-4-1)37-40-38(43-39(42(37)43)27-13-5-2-6-14-27)26-19-21-28(22-20-26)41-33-17-9-7-15-29(33)31-23-24-32-30-16-8-10-18-34(30)44-36(32)35(31)41/h1-24,38-39H. The maximum absolute atomic E-state index is 6.54. The van der Waals surface area contributed by atoms with Crippen LogP contribution in [0, 0.1) is 0 Å². The SMILES string of the molecule is c1ccc(C2=NC(c3ccc(-n4c5ccccc5c5ccc6c7ccccc7oc6c54)cc3)N3C(c4ccccc4)N23)cc1. The van der Waals surface area contributed by atoms with E-state index in [4.69, 9.17) is 9.41 Å². The molecular weight excluding hydrogens is 540 g/mol. The Bertz CT molecular complexity index is 2400. The Morgan fingerprint density at radius 2 is 1.23 bits per heavy atom. The molecule has 8 aromatic rings. The van der Waals surface area contributed by atoms with E-state index in [-0.39, 0.29) is 12.3 Å². The summed E-state index contributed by atoms with van der Waals surface area (Å²) in [5.41, 5.74) is 8.76. The number of rotatable bonds is 4. The van der Waals surface area contributed by atoms with Crippen molar-refractivity contribution >= 4 is 49.6 Å². The minimum Gasteiger partial charge on any atom is -0.454 e. The summed E-state index contributed by atoms with van der Waals surface area (Å²) in [6, 6.07) is 51.5. The first-order valence-corrected chi connectivity index (χ1v) is 15.0. The Morgan fingerprint density at radius 1 is 0.545 bits per heavy atom. The van der Waals surface area contributed by atoms with Gasteiger partial charge in [-0.1, -0.05) is 115 Å². The third kappa shape index (κ3) is 3.30. The lowest BCUT2D eigenvalue weighted by molar-refractivity contribution is 0.341. The first kappa shape index (κ1) is 23.9. The minimum absolute atomic E-state index is 0.0929. The second-order valence-electron chi connectivity index (χ2n) is 11.6. The first-order valence-electron chi connectivity index (χ1n) is 15.0. The highest BCUT2D eigenvalue weighted by Crippen LogP contribution is 2.54. The molecule has 44 heavy (non-hydrogen) atoms. The quantitative estimate of drug-likeness (QED) is 0.199. The molecule has 1 fully saturated rings. The molecule has 1 saturated heterocycles. The van der Waals surface area contributed by atoms with Gasteiger partial charge in [-0.05, 0) is 41.5 Å². The fourth-order valence-corrected chi connectivity index (χ4v) is 7.13. The largest absolute Gasteiger partial charge is 0.454 e. The van der Waals surface area contributed by atoms with E-state index in [9.17, 15) is 0 Å². The molecule has 5 nitrogen and oxygen atoms in total. The maximum Gasteiger partial charge on any atom is 0.160 e. The molecule has 208 valence electrons. The smallest absolute Gasteiger partial charge is 0.160 e. The van der Waals surface area contributed by atoms with Crippen LogP contribution in [0.1, 0.15) is 29.0 Å². The van der Waals surface area contributed by atoms with E-state index in [1.165, 1.54) is 16.3 Å². The molecule has 0 spiro atoms. The third-order valence-electron chi connectivity index (χ3n) is 9.15. The number of furan rings is 1. The molecule has 5 heteroatoms. The van der Waals surface area contributed by atoms with E-state index in [0.29, 0.717) is 0 Å². The van der Waals surface area contributed by atoms with Gasteiger partial charge in [0.2, 0.25) is 0 Å². The van der Waals surface area contributed by atoms with Crippen LogP contribution in [-0.2, 0) is 0 Å². The van der Waals surface area contributed by atoms with E-state index in [2.05, 4.69) is 148 Å². The summed E-state index contributed by atoms with van der Waals surface area (Å²) in [6.45, 7) is 0. The van der Waals surface area contributed by atoms with Crippen LogP contribution < -0.4 is 0 Å². The van der Waals surface area contributed by atoms with Gasteiger partial charge in [0, 0.05) is 32.8 Å². The number of hydrazine groups is 1. The van der Waals surface area contributed by atoms with Crippen molar-refractivity contribution in [3.05, 3.63) is 162 Å². The van der Waals surface area contributed by atoms with Crippen LogP contribution in [0.3, 0.4) is 0 Å². The maximum atomic E-state index is 6.54. The molecule has 0 saturated carbocycles. The molecule has 0 aliphatic carbocycles. The number of benzene rings is 6. The number of hydrogen-bond acceptors (Lipinski definition) is 4. The van der Waals surface area contributed by atoms with Crippen LogP contribution in [0.25, 0.3) is 49.4 Å². The van der Waals surface area contributed by atoms with Gasteiger partial charge in [-0.15, -0.1) is 0 Å². The second kappa shape index (κ2) is 8.93. The number of aliphatic imine (C=N–C) groups is 1. The van der Waals surface area contributed by atoms with E-state index in [1.54, 1.807) is 0 Å². The number of aromatic nitrogens is 1. The van der Waals surface area contributed by atoms with Gasteiger partial charge in [-0.3, -0.25) is 5.01 Å². The molecular formula is C39H26N4O. The molecule has 2 aromatic heterocycles. The van der Waals surface area contributed by atoms with Crippen molar-refractivity contribution in [2.24, 2.45) is 4.99 Å². The lowest BCUT2D eigenvalue weighted by Gasteiger charge is -2.13. The third-order valence-corrected chi connectivity index (χ3v) is 9.15. The minimum atomic E-state index is -0.0929. The number of hydrogen-bond donors (Lipinski definition) is 0. The summed E-state index contributed by atoms with van der Waals surface area (Å²) in [4.78, 5) is 5.24. The summed E-state index contributed by atoms with van der Waals surface area (Å²) in [5, 5.41) is 9.39. The van der Waals surface area contributed by atoms with E-state index in [0.717, 1.165) is 55.6 Å². The van der Waals surface area contributed by atoms with Crippen LogP contribution in [0.5, 0.6) is 0 Å². The van der Waals surface area contributed by atoms with Crippen LogP contribution in [0.15, 0.2) is 155 Å². The summed E-state index contributed by atoms with van der Waals surface area (Å²) in [7, 11) is 0. The van der Waals surface area contributed by atoms with Gasteiger partial charge >= 0.3 is 0 Å². The number of nitrogens with zero attached hydrogens (tertiary/aromatic N) is 4. The zero-order chi connectivity index (χ0) is 28.8. The van der Waals surface area contributed by atoms with Crippen LogP contribution in [-0.4, -0.2) is 20.4 Å². The Kier molecular flexibility index (Phi) is 4.84. The van der Waals surface area contributed by atoms with Gasteiger partial charge < -0.3 is 8.98 Å². The average molecular weight is 567 g/mol. The lowest BCUT2D eigenvalue weighted by Crippen LogP contribution is -2.11. The Morgan fingerprint density at radius 3 is 2.05 bits per heavy atom. The van der Waals surface area contributed by atoms with Crippen molar-refractivity contribution in [2.45, 2.75) is 12.3 Å². The van der Waals surface area contributed by atoms with Crippen LogP contribution in [0.2, 0.25) is 0 Å². The molecule has 2 aliphatic rings. The number of amidine groups is 1. The highest BCUT2D eigenvalue weighted by molar-refractivity contribution is 6.21. The molecule has 0 bridgehead atoms. The molecule has 0 amide bonds. The van der Waals surface area contributed by atoms with Gasteiger partial charge in [0.1, 0.15) is 23.8 Å². The summed E-state index contributed by atoms with van der Waals surface area (Å²) < 4.78 is 8.89. The van der Waals surface area contributed by atoms with Crippen molar-refractivity contribution in [1.82, 2.24) is 14.6 Å².